The number of hydrogen-bond acceptors (Lipinski definition) is 8. The molecular weight excluding hydrogens is 390 g/mol. The summed E-state index contributed by atoms with van der Waals surface area (Å²) in [6, 6.07) is 12.1. The highest BCUT2D eigenvalue weighted by Gasteiger charge is 2.27. The molecule has 2 aromatic heterocycles. The predicted molar refractivity (Wildman–Crippen MR) is 122 cm³/mol. The SMILES string of the molecule is Cc1cccc(/C=N/Nc2nc3c(c(N4CCOCC4)n2)CC(c2cccnc2)=N3)c1. The molecule has 31 heavy (non-hydrogen) atoms. The number of nitrogens with zero attached hydrogens (tertiary/aromatic N) is 6. The maximum absolute atomic E-state index is 5.52. The highest BCUT2D eigenvalue weighted by Crippen LogP contribution is 2.35. The lowest BCUT2D eigenvalue weighted by atomic mass is 10.1. The summed E-state index contributed by atoms with van der Waals surface area (Å²) < 4.78 is 5.52. The number of nitrogens with one attached hydrogen (secondary N) is 1. The van der Waals surface area contributed by atoms with Gasteiger partial charge in [-0.05, 0) is 18.6 Å². The molecule has 0 amide bonds. The summed E-state index contributed by atoms with van der Waals surface area (Å²) in [4.78, 5) is 20.7. The van der Waals surface area contributed by atoms with Crippen molar-refractivity contribution in [3.05, 3.63) is 71.0 Å². The van der Waals surface area contributed by atoms with Crippen LogP contribution in [0, 0.1) is 6.92 Å². The standard InChI is InChI=1S/C23H23N7O/c1-16-4-2-5-17(12-16)14-25-29-23-27-21-19(22(28-23)30-8-10-31-11-9-30)13-20(26-21)18-6-3-7-24-15-18/h2-7,12,14-15H,8-11,13H2,1H3,(H,27,28,29)/b25-14+. The van der Waals surface area contributed by atoms with Gasteiger partial charge in [-0.3, -0.25) is 4.98 Å². The Balaban J connectivity index is 1.45. The quantitative estimate of drug-likeness (QED) is 0.511. The van der Waals surface area contributed by atoms with Crippen LogP contribution >= 0.6 is 0 Å². The molecule has 4 heterocycles. The summed E-state index contributed by atoms with van der Waals surface area (Å²) in [5.41, 5.74) is 8.17. The number of ether oxygens (including phenoxy) is 1. The number of morpholine rings is 1. The minimum Gasteiger partial charge on any atom is -0.378 e. The van der Waals surface area contributed by atoms with Gasteiger partial charge in [-0.1, -0.05) is 35.9 Å². The van der Waals surface area contributed by atoms with Crippen LogP contribution in [0.5, 0.6) is 0 Å². The zero-order chi connectivity index (χ0) is 21.0. The van der Waals surface area contributed by atoms with Gasteiger partial charge in [-0.25, -0.2) is 10.4 Å². The summed E-state index contributed by atoms with van der Waals surface area (Å²) >= 11 is 0. The van der Waals surface area contributed by atoms with Gasteiger partial charge in [0, 0.05) is 43.0 Å². The van der Waals surface area contributed by atoms with E-state index in [-0.39, 0.29) is 0 Å². The van der Waals surface area contributed by atoms with Crippen molar-refractivity contribution in [3.63, 3.8) is 0 Å². The average molecular weight is 413 g/mol. The van der Waals surface area contributed by atoms with Crippen molar-refractivity contribution in [2.24, 2.45) is 10.1 Å². The maximum atomic E-state index is 5.52. The number of pyridine rings is 1. The fraction of sp³-hybridized carbons (Fsp3) is 0.261. The molecule has 0 bridgehead atoms. The van der Waals surface area contributed by atoms with Crippen molar-refractivity contribution in [2.45, 2.75) is 13.3 Å². The summed E-state index contributed by atoms with van der Waals surface area (Å²) in [5, 5.41) is 4.34. The zero-order valence-electron chi connectivity index (χ0n) is 17.3. The minimum atomic E-state index is 0.431. The molecule has 2 aliphatic rings. The molecule has 156 valence electrons. The van der Waals surface area contributed by atoms with Gasteiger partial charge in [-0.2, -0.15) is 15.1 Å². The van der Waals surface area contributed by atoms with Crippen LogP contribution in [0.1, 0.15) is 22.3 Å². The van der Waals surface area contributed by atoms with E-state index in [9.17, 15) is 0 Å². The molecule has 0 saturated carbocycles. The second-order valence-corrected chi connectivity index (χ2v) is 7.53. The van der Waals surface area contributed by atoms with Gasteiger partial charge >= 0.3 is 0 Å². The molecular formula is C23H23N7O. The van der Waals surface area contributed by atoms with Crippen LogP contribution in [-0.4, -0.2) is 53.2 Å². The summed E-state index contributed by atoms with van der Waals surface area (Å²) in [5.74, 6) is 2.01. The lowest BCUT2D eigenvalue weighted by molar-refractivity contribution is 0.122. The fourth-order valence-electron chi connectivity index (χ4n) is 3.75. The first-order chi connectivity index (χ1) is 15.3. The molecule has 8 heteroatoms. The Labute approximate surface area is 180 Å². The molecule has 1 saturated heterocycles. The fourth-order valence-corrected chi connectivity index (χ4v) is 3.75. The number of fused-ring (bicyclic) bond motifs is 1. The van der Waals surface area contributed by atoms with Crippen molar-refractivity contribution in [2.75, 3.05) is 36.6 Å². The number of aliphatic imine (C=N–C) groups is 1. The van der Waals surface area contributed by atoms with E-state index in [1.54, 1.807) is 12.4 Å². The summed E-state index contributed by atoms with van der Waals surface area (Å²) in [6.45, 7) is 5.00. The normalized spacial score (nSPS) is 15.8. The molecule has 8 nitrogen and oxygen atoms in total. The molecule has 0 unspecified atom stereocenters. The number of anilines is 2. The Morgan fingerprint density at radius 3 is 2.84 bits per heavy atom. The van der Waals surface area contributed by atoms with E-state index in [0.717, 1.165) is 41.3 Å². The van der Waals surface area contributed by atoms with E-state index >= 15 is 0 Å². The third-order valence-corrected chi connectivity index (χ3v) is 5.27. The highest BCUT2D eigenvalue weighted by molar-refractivity contribution is 6.06. The van der Waals surface area contributed by atoms with E-state index in [1.165, 1.54) is 5.56 Å². The number of rotatable bonds is 5. The topological polar surface area (TPSA) is 87.9 Å². The molecule has 0 spiro atoms. The molecule has 2 aliphatic heterocycles. The Hall–Kier alpha value is -3.65. The molecule has 1 aromatic carbocycles. The van der Waals surface area contributed by atoms with E-state index < -0.39 is 0 Å². The third-order valence-electron chi connectivity index (χ3n) is 5.27. The van der Waals surface area contributed by atoms with E-state index in [2.05, 4.69) is 44.5 Å². The van der Waals surface area contributed by atoms with Crippen molar-refractivity contribution >= 4 is 29.5 Å². The van der Waals surface area contributed by atoms with E-state index in [1.807, 2.05) is 30.5 Å². The molecule has 3 aromatic rings. The number of aromatic nitrogens is 3. The monoisotopic (exact) mass is 413 g/mol. The predicted octanol–water partition coefficient (Wildman–Crippen LogP) is 3.14. The lowest BCUT2D eigenvalue weighted by Crippen LogP contribution is -2.37. The largest absolute Gasteiger partial charge is 0.378 e. The first-order valence-corrected chi connectivity index (χ1v) is 10.3. The highest BCUT2D eigenvalue weighted by atomic mass is 16.5. The number of aryl methyl sites for hydroxylation is 1. The lowest BCUT2D eigenvalue weighted by Gasteiger charge is -2.29. The Morgan fingerprint density at radius 1 is 1.13 bits per heavy atom. The van der Waals surface area contributed by atoms with Crippen LogP contribution < -0.4 is 10.3 Å². The number of hydrogen-bond donors (Lipinski definition) is 1. The Bertz CT molecular complexity index is 1140. The summed E-state index contributed by atoms with van der Waals surface area (Å²) in [6.07, 6.45) is 6.04. The van der Waals surface area contributed by atoms with Crippen LogP contribution in [0.25, 0.3) is 0 Å². The van der Waals surface area contributed by atoms with Gasteiger partial charge in [0.05, 0.1) is 25.1 Å². The summed E-state index contributed by atoms with van der Waals surface area (Å²) in [7, 11) is 0. The van der Waals surface area contributed by atoms with Crippen LogP contribution in [-0.2, 0) is 11.2 Å². The van der Waals surface area contributed by atoms with E-state index in [4.69, 9.17) is 14.7 Å². The number of hydrazone groups is 1. The van der Waals surface area contributed by atoms with Gasteiger partial charge in [0.25, 0.3) is 0 Å². The second-order valence-electron chi connectivity index (χ2n) is 7.53. The maximum Gasteiger partial charge on any atom is 0.247 e. The van der Waals surface area contributed by atoms with Crippen molar-refractivity contribution < 1.29 is 4.74 Å². The molecule has 1 N–H and O–H groups in total. The van der Waals surface area contributed by atoms with Gasteiger partial charge in [0.2, 0.25) is 5.95 Å². The van der Waals surface area contributed by atoms with Gasteiger partial charge in [0.1, 0.15) is 5.82 Å². The van der Waals surface area contributed by atoms with Gasteiger partial charge in [-0.15, -0.1) is 0 Å². The van der Waals surface area contributed by atoms with E-state index in [0.29, 0.717) is 31.4 Å². The van der Waals surface area contributed by atoms with Crippen molar-refractivity contribution in [1.29, 1.82) is 0 Å². The first kappa shape index (κ1) is 19.3. The first-order valence-electron chi connectivity index (χ1n) is 10.3. The Kier molecular flexibility index (Phi) is 5.37. The molecule has 1 fully saturated rings. The van der Waals surface area contributed by atoms with Crippen LogP contribution in [0.3, 0.4) is 0 Å². The molecule has 0 radical (unpaired) electrons. The smallest absolute Gasteiger partial charge is 0.247 e. The average Bonchev–Trinajstić information content (AvgIpc) is 3.24. The molecule has 0 aliphatic carbocycles. The van der Waals surface area contributed by atoms with Gasteiger partial charge < -0.3 is 9.64 Å². The van der Waals surface area contributed by atoms with Crippen LogP contribution in [0.2, 0.25) is 0 Å². The van der Waals surface area contributed by atoms with Crippen LogP contribution in [0.4, 0.5) is 17.6 Å². The Morgan fingerprint density at radius 2 is 2.03 bits per heavy atom. The van der Waals surface area contributed by atoms with Crippen LogP contribution in [0.15, 0.2) is 58.9 Å². The molecule has 5 rings (SSSR count). The number of benzene rings is 1. The van der Waals surface area contributed by atoms with Gasteiger partial charge in [0.15, 0.2) is 5.82 Å². The van der Waals surface area contributed by atoms with Crippen molar-refractivity contribution in [3.8, 4) is 0 Å². The molecule has 0 atom stereocenters. The third kappa shape index (κ3) is 4.29. The minimum absolute atomic E-state index is 0.431. The van der Waals surface area contributed by atoms with Crippen molar-refractivity contribution in [1.82, 2.24) is 15.0 Å². The second kappa shape index (κ2) is 8.61. The zero-order valence-corrected chi connectivity index (χ0v) is 17.3.